The van der Waals surface area contributed by atoms with Gasteiger partial charge in [-0.15, -0.1) is 0 Å². The summed E-state index contributed by atoms with van der Waals surface area (Å²) in [5.74, 6) is 0.862. The van der Waals surface area contributed by atoms with Crippen LogP contribution in [0.4, 0.5) is 11.5 Å². The van der Waals surface area contributed by atoms with Crippen molar-refractivity contribution in [3.05, 3.63) is 94.7 Å². The third kappa shape index (κ3) is 4.82. The molecule has 1 amide bonds. The summed E-state index contributed by atoms with van der Waals surface area (Å²) in [7, 11) is 1.63. The Kier molecular flexibility index (Phi) is 6.48. The van der Waals surface area contributed by atoms with Crippen molar-refractivity contribution in [2.24, 2.45) is 0 Å². The van der Waals surface area contributed by atoms with E-state index in [-0.39, 0.29) is 28.9 Å². The molecule has 0 atom stereocenters. The molecule has 1 aliphatic rings. The minimum Gasteiger partial charge on any atom is -0.508 e. The molecule has 0 bridgehead atoms. The third-order valence-electron chi connectivity index (χ3n) is 6.68. The number of aromatic hydroxyl groups is 2. The lowest BCUT2D eigenvalue weighted by Gasteiger charge is -2.21. The van der Waals surface area contributed by atoms with Gasteiger partial charge < -0.3 is 25.2 Å². The molecule has 0 saturated carbocycles. The second kappa shape index (κ2) is 9.89. The van der Waals surface area contributed by atoms with Crippen molar-refractivity contribution in [1.82, 2.24) is 14.7 Å². The van der Waals surface area contributed by atoms with E-state index in [4.69, 9.17) is 4.74 Å². The summed E-state index contributed by atoms with van der Waals surface area (Å²) in [6.45, 7) is 5.53. The maximum atomic E-state index is 13.7. The molecule has 8 nitrogen and oxygen atoms in total. The van der Waals surface area contributed by atoms with Crippen LogP contribution in [-0.4, -0.2) is 37.9 Å². The second-order valence-electron chi connectivity index (χ2n) is 9.55. The zero-order valence-corrected chi connectivity index (χ0v) is 21.1. The maximum Gasteiger partial charge on any atom is 0.260 e. The van der Waals surface area contributed by atoms with Crippen LogP contribution in [0.3, 0.4) is 0 Å². The number of anilines is 2. The van der Waals surface area contributed by atoms with Gasteiger partial charge in [-0.3, -0.25) is 4.79 Å². The molecule has 5 rings (SSSR count). The number of carbonyl (C=O) groups is 1. The van der Waals surface area contributed by atoms with Gasteiger partial charge in [0.1, 0.15) is 28.6 Å². The molecule has 8 heteroatoms. The van der Waals surface area contributed by atoms with E-state index in [1.165, 1.54) is 12.1 Å². The van der Waals surface area contributed by atoms with Gasteiger partial charge in [-0.1, -0.05) is 50.2 Å². The van der Waals surface area contributed by atoms with Crippen LogP contribution in [0.15, 0.2) is 66.9 Å². The quantitative estimate of drug-likeness (QED) is 0.317. The Hall–Kier alpha value is -4.46. The molecule has 2 heterocycles. The van der Waals surface area contributed by atoms with Crippen molar-refractivity contribution >= 4 is 17.4 Å². The highest BCUT2D eigenvalue weighted by atomic mass is 16.5. The second-order valence-corrected chi connectivity index (χ2v) is 9.55. The molecule has 0 radical (unpaired) electrons. The summed E-state index contributed by atoms with van der Waals surface area (Å²) in [5, 5.41) is 29.0. The van der Waals surface area contributed by atoms with Crippen LogP contribution in [-0.2, 0) is 19.6 Å². The van der Waals surface area contributed by atoms with E-state index >= 15 is 0 Å². The molecule has 0 unspecified atom stereocenters. The van der Waals surface area contributed by atoms with E-state index in [9.17, 15) is 15.0 Å². The first kappa shape index (κ1) is 24.2. The van der Waals surface area contributed by atoms with Crippen molar-refractivity contribution in [2.75, 3.05) is 12.4 Å². The minimum atomic E-state index is -0.316. The molecule has 4 aromatic rings. The predicted molar refractivity (Wildman–Crippen MR) is 141 cm³/mol. The highest BCUT2D eigenvalue weighted by Crippen LogP contribution is 2.37. The van der Waals surface area contributed by atoms with Gasteiger partial charge >= 0.3 is 0 Å². The number of fused-ring (bicyclic) bond motifs is 1. The summed E-state index contributed by atoms with van der Waals surface area (Å²) >= 11 is 0. The number of benzene rings is 3. The standard InChI is InChI=1S/C29H30N4O4/c1-18(2)24-14-30-33(15-19-8-10-23(37-3)11-9-19)28(24)31-25-12-22(34)13-26(35)27(25)29(36)32-16-20-6-4-5-7-21(20)17-32/h4-14,18,31,34-35H,15-17H2,1-3H3. The molecule has 1 aliphatic heterocycles. The van der Waals surface area contributed by atoms with Gasteiger partial charge in [0.2, 0.25) is 0 Å². The van der Waals surface area contributed by atoms with E-state index in [0.29, 0.717) is 31.1 Å². The average Bonchev–Trinajstić information content (AvgIpc) is 3.48. The number of carbonyl (C=O) groups excluding carboxylic acids is 1. The maximum absolute atomic E-state index is 13.7. The lowest BCUT2D eigenvalue weighted by Crippen LogP contribution is -2.26. The van der Waals surface area contributed by atoms with E-state index < -0.39 is 0 Å². The van der Waals surface area contributed by atoms with E-state index in [1.54, 1.807) is 18.2 Å². The van der Waals surface area contributed by atoms with Crippen molar-refractivity contribution in [3.8, 4) is 17.2 Å². The van der Waals surface area contributed by atoms with Crippen molar-refractivity contribution in [3.63, 3.8) is 0 Å². The number of amides is 1. The van der Waals surface area contributed by atoms with Gasteiger partial charge in [0, 0.05) is 30.8 Å². The topological polar surface area (TPSA) is 99.9 Å². The molecular formula is C29H30N4O4. The van der Waals surface area contributed by atoms with Crippen molar-refractivity contribution in [1.29, 1.82) is 0 Å². The molecule has 3 aromatic carbocycles. The normalized spacial score (nSPS) is 12.6. The number of hydrogen-bond donors (Lipinski definition) is 3. The van der Waals surface area contributed by atoms with Gasteiger partial charge in [-0.05, 0) is 34.7 Å². The fourth-order valence-corrected chi connectivity index (χ4v) is 4.68. The fraction of sp³-hybridized carbons (Fsp3) is 0.241. The zero-order valence-electron chi connectivity index (χ0n) is 21.1. The summed E-state index contributed by atoms with van der Waals surface area (Å²) in [5.41, 5.74) is 4.57. The number of nitrogens with one attached hydrogen (secondary N) is 1. The number of phenols is 2. The molecule has 3 N–H and O–H groups in total. The minimum absolute atomic E-state index is 0.109. The van der Waals surface area contributed by atoms with Crippen LogP contribution in [0.5, 0.6) is 17.2 Å². The number of aromatic nitrogens is 2. The van der Waals surface area contributed by atoms with Gasteiger partial charge in [0.15, 0.2) is 0 Å². The monoisotopic (exact) mass is 498 g/mol. The SMILES string of the molecule is COc1ccc(Cn2ncc(C(C)C)c2Nc2cc(O)cc(O)c2C(=O)N2Cc3ccccc3C2)cc1. The lowest BCUT2D eigenvalue weighted by molar-refractivity contribution is 0.0749. The Morgan fingerprint density at radius 2 is 1.73 bits per heavy atom. The first-order chi connectivity index (χ1) is 17.8. The summed E-state index contributed by atoms with van der Waals surface area (Å²) < 4.78 is 7.08. The molecule has 0 spiro atoms. The molecular weight excluding hydrogens is 468 g/mol. The Morgan fingerprint density at radius 1 is 1.05 bits per heavy atom. The smallest absolute Gasteiger partial charge is 0.260 e. The van der Waals surface area contributed by atoms with Crippen LogP contribution >= 0.6 is 0 Å². The van der Waals surface area contributed by atoms with Gasteiger partial charge in [0.05, 0.1) is 25.5 Å². The molecule has 0 saturated heterocycles. The lowest BCUT2D eigenvalue weighted by atomic mass is 10.1. The van der Waals surface area contributed by atoms with Crippen LogP contribution in [0.2, 0.25) is 0 Å². The number of phenolic OH excluding ortho intramolecular Hbond substituents is 2. The first-order valence-corrected chi connectivity index (χ1v) is 12.2. The summed E-state index contributed by atoms with van der Waals surface area (Å²) in [6, 6.07) is 18.3. The van der Waals surface area contributed by atoms with Gasteiger partial charge in [-0.2, -0.15) is 5.10 Å². The molecule has 0 fully saturated rings. The highest BCUT2D eigenvalue weighted by Gasteiger charge is 2.29. The van der Waals surface area contributed by atoms with Crippen molar-refractivity contribution < 1.29 is 19.7 Å². The number of nitrogens with zero attached hydrogens (tertiary/aromatic N) is 3. The van der Waals surface area contributed by atoms with E-state index in [1.807, 2.05) is 53.2 Å². The molecule has 190 valence electrons. The summed E-state index contributed by atoms with van der Waals surface area (Å²) in [6.07, 6.45) is 1.80. The first-order valence-electron chi connectivity index (χ1n) is 12.2. The van der Waals surface area contributed by atoms with Crippen LogP contribution in [0.1, 0.15) is 52.4 Å². The average molecular weight is 499 g/mol. The van der Waals surface area contributed by atoms with E-state index in [2.05, 4.69) is 24.3 Å². The number of hydrogen-bond acceptors (Lipinski definition) is 6. The Labute approximate surface area is 215 Å². The van der Waals surface area contributed by atoms with Gasteiger partial charge in [0.25, 0.3) is 5.91 Å². The Morgan fingerprint density at radius 3 is 2.35 bits per heavy atom. The third-order valence-corrected chi connectivity index (χ3v) is 6.68. The number of ether oxygens (including phenoxy) is 1. The largest absolute Gasteiger partial charge is 0.508 e. The van der Waals surface area contributed by atoms with Crippen LogP contribution in [0, 0.1) is 0 Å². The van der Waals surface area contributed by atoms with E-state index in [0.717, 1.165) is 28.0 Å². The van der Waals surface area contributed by atoms with Crippen molar-refractivity contribution in [2.45, 2.75) is 39.4 Å². The van der Waals surface area contributed by atoms with Gasteiger partial charge in [-0.25, -0.2) is 4.68 Å². The van der Waals surface area contributed by atoms with Crippen LogP contribution in [0.25, 0.3) is 0 Å². The number of methoxy groups -OCH3 is 1. The fourth-order valence-electron chi connectivity index (χ4n) is 4.68. The van der Waals surface area contributed by atoms with Crippen LogP contribution < -0.4 is 10.1 Å². The predicted octanol–water partition coefficient (Wildman–Crippen LogP) is 5.37. The molecule has 0 aliphatic carbocycles. The Balaban J connectivity index is 1.50. The Bertz CT molecular complexity index is 1420. The molecule has 37 heavy (non-hydrogen) atoms. The summed E-state index contributed by atoms with van der Waals surface area (Å²) in [4.78, 5) is 15.4. The zero-order chi connectivity index (χ0) is 26.1. The molecule has 1 aromatic heterocycles. The highest BCUT2D eigenvalue weighted by molar-refractivity contribution is 6.03. The number of rotatable bonds is 7.